The van der Waals surface area contributed by atoms with E-state index >= 15 is 0 Å². The molecule has 0 heterocycles. The first kappa shape index (κ1) is 7.74. The zero-order valence-electron chi connectivity index (χ0n) is 5.91. The van der Waals surface area contributed by atoms with E-state index in [1.54, 1.807) is 0 Å². The van der Waals surface area contributed by atoms with Gasteiger partial charge in [0.15, 0.2) is 0 Å². The minimum atomic E-state index is 0.660. The Labute approximate surface area is 52.6 Å². The Kier molecular flexibility index (Phi) is 3.59. The second-order valence-corrected chi connectivity index (χ2v) is 2.39. The third kappa shape index (κ3) is 2.84. The molecule has 0 aliphatic carbocycles. The van der Waals surface area contributed by atoms with Crippen molar-refractivity contribution in [2.24, 2.45) is 5.92 Å². The predicted octanol–water partition coefficient (Wildman–Crippen LogP) is 2.81. The summed E-state index contributed by atoms with van der Waals surface area (Å²) in [5, 5.41) is 0. The topological polar surface area (TPSA) is 0 Å². The molecule has 47 valence electrons. The lowest BCUT2D eigenvalue weighted by Gasteiger charge is -2.06. The van der Waals surface area contributed by atoms with Gasteiger partial charge >= 0.3 is 0 Å². The standard InChI is InChI=1S/C8H15/c1-5-6-8(4)7(2)3/h8H,1-2,5-6H2,3-4H3. The molecule has 1 unspecified atom stereocenters. The summed E-state index contributed by atoms with van der Waals surface area (Å²) in [7, 11) is 0. The van der Waals surface area contributed by atoms with Gasteiger partial charge in [-0.1, -0.05) is 32.4 Å². The highest BCUT2D eigenvalue weighted by Gasteiger charge is 1.97. The van der Waals surface area contributed by atoms with E-state index in [1.807, 2.05) is 0 Å². The zero-order chi connectivity index (χ0) is 6.57. The lowest BCUT2D eigenvalue weighted by atomic mass is 10.00. The number of rotatable bonds is 3. The molecule has 1 radical (unpaired) electrons. The van der Waals surface area contributed by atoms with Crippen LogP contribution < -0.4 is 0 Å². The lowest BCUT2D eigenvalue weighted by molar-refractivity contribution is 0.622. The third-order valence-electron chi connectivity index (χ3n) is 1.48. The maximum atomic E-state index is 3.85. The van der Waals surface area contributed by atoms with Crippen LogP contribution in [0.1, 0.15) is 26.7 Å². The van der Waals surface area contributed by atoms with E-state index in [2.05, 4.69) is 27.4 Å². The fraction of sp³-hybridized carbons (Fsp3) is 0.625. The van der Waals surface area contributed by atoms with Gasteiger partial charge < -0.3 is 0 Å². The fourth-order valence-electron chi connectivity index (χ4n) is 0.553. The molecule has 0 aromatic carbocycles. The highest BCUT2D eigenvalue weighted by atomic mass is 14.0. The van der Waals surface area contributed by atoms with E-state index in [-0.39, 0.29) is 0 Å². The first-order valence-electron chi connectivity index (χ1n) is 3.13. The van der Waals surface area contributed by atoms with Gasteiger partial charge in [-0.25, -0.2) is 0 Å². The summed E-state index contributed by atoms with van der Waals surface area (Å²) in [5.74, 6) is 0.660. The molecule has 0 fully saturated rings. The van der Waals surface area contributed by atoms with Crippen LogP contribution in [0.3, 0.4) is 0 Å². The zero-order valence-corrected chi connectivity index (χ0v) is 5.91. The van der Waals surface area contributed by atoms with E-state index in [0.717, 1.165) is 6.42 Å². The molecule has 0 amide bonds. The van der Waals surface area contributed by atoms with Gasteiger partial charge in [0.05, 0.1) is 0 Å². The molecule has 0 spiro atoms. The summed E-state index contributed by atoms with van der Waals surface area (Å²) in [6, 6.07) is 0. The number of allylic oxidation sites excluding steroid dienone is 1. The Balaban J connectivity index is 3.32. The molecular weight excluding hydrogens is 96.1 g/mol. The van der Waals surface area contributed by atoms with Crippen LogP contribution in [-0.4, -0.2) is 0 Å². The minimum absolute atomic E-state index is 0.660. The van der Waals surface area contributed by atoms with Gasteiger partial charge in [-0.2, -0.15) is 0 Å². The van der Waals surface area contributed by atoms with Crippen LogP contribution >= 0.6 is 0 Å². The van der Waals surface area contributed by atoms with Crippen molar-refractivity contribution in [3.63, 3.8) is 0 Å². The van der Waals surface area contributed by atoms with Crippen LogP contribution in [0.15, 0.2) is 12.2 Å². The van der Waals surface area contributed by atoms with Crippen molar-refractivity contribution in [3.05, 3.63) is 19.1 Å². The van der Waals surface area contributed by atoms with Crippen molar-refractivity contribution in [1.82, 2.24) is 0 Å². The van der Waals surface area contributed by atoms with Gasteiger partial charge in [-0.3, -0.25) is 0 Å². The maximum Gasteiger partial charge on any atom is -0.0237 e. The summed E-state index contributed by atoms with van der Waals surface area (Å²) in [4.78, 5) is 0. The van der Waals surface area contributed by atoms with E-state index in [0.29, 0.717) is 5.92 Å². The largest absolute Gasteiger partial charge is 0.0999 e. The molecule has 0 aromatic heterocycles. The molecule has 0 bridgehead atoms. The first-order chi connectivity index (χ1) is 3.68. The summed E-state index contributed by atoms with van der Waals surface area (Å²) < 4.78 is 0. The van der Waals surface area contributed by atoms with E-state index in [4.69, 9.17) is 0 Å². The number of hydrogen-bond donors (Lipinski definition) is 0. The summed E-state index contributed by atoms with van der Waals surface area (Å²) in [6.45, 7) is 11.9. The van der Waals surface area contributed by atoms with Crippen LogP contribution in [0.25, 0.3) is 0 Å². The van der Waals surface area contributed by atoms with Gasteiger partial charge in [-0.05, 0) is 19.3 Å². The Morgan fingerprint density at radius 3 is 2.25 bits per heavy atom. The van der Waals surface area contributed by atoms with Crippen molar-refractivity contribution >= 4 is 0 Å². The van der Waals surface area contributed by atoms with Gasteiger partial charge in [0.25, 0.3) is 0 Å². The van der Waals surface area contributed by atoms with Gasteiger partial charge in [0.2, 0.25) is 0 Å². The molecule has 8 heavy (non-hydrogen) atoms. The molecule has 0 saturated carbocycles. The molecular formula is C8H15. The van der Waals surface area contributed by atoms with Gasteiger partial charge in [0.1, 0.15) is 0 Å². The van der Waals surface area contributed by atoms with Crippen LogP contribution in [0.2, 0.25) is 0 Å². The molecule has 0 N–H and O–H groups in total. The molecule has 0 heteroatoms. The molecule has 0 rings (SSSR count). The van der Waals surface area contributed by atoms with Crippen molar-refractivity contribution < 1.29 is 0 Å². The average Bonchev–Trinajstić information content (AvgIpc) is 1.67. The Hall–Kier alpha value is -0.260. The summed E-state index contributed by atoms with van der Waals surface area (Å²) in [5.41, 5.74) is 1.27. The molecule has 0 saturated heterocycles. The predicted molar refractivity (Wildman–Crippen MR) is 38.6 cm³/mol. The Bertz CT molecular complexity index is 72.1. The summed E-state index contributed by atoms with van der Waals surface area (Å²) >= 11 is 0. The van der Waals surface area contributed by atoms with E-state index in [1.165, 1.54) is 12.0 Å². The monoisotopic (exact) mass is 111 g/mol. The van der Waals surface area contributed by atoms with Crippen molar-refractivity contribution in [2.45, 2.75) is 26.7 Å². The highest BCUT2D eigenvalue weighted by molar-refractivity contribution is 4.93. The van der Waals surface area contributed by atoms with Crippen molar-refractivity contribution in [3.8, 4) is 0 Å². The van der Waals surface area contributed by atoms with Gasteiger partial charge in [0, 0.05) is 0 Å². The minimum Gasteiger partial charge on any atom is -0.0999 e. The van der Waals surface area contributed by atoms with Crippen LogP contribution in [-0.2, 0) is 0 Å². The van der Waals surface area contributed by atoms with Crippen LogP contribution in [0.5, 0.6) is 0 Å². The molecule has 1 atom stereocenters. The lowest BCUT2D eigenvalue weighted by Crippen LogP contribution is -1.92. The maximum absolute atomic E-state index is 3.85. The second kappa shape index (κ2) is 3.71. The fourth-order valence-corrected chi connectivity index (χ4v) is 0.553. The van der Waals surface area contributed by atoms with E-state index < -0.39 is 0 Å². The SMILES string of the molecule is [CH2]CCC(C)C(=C)C. The second-order valence-electron chi connectivity index (χ2n) is 2.39. The first-order valence-corrected chi connectivity index (χ1v) is 3.13. The van der Waals surface area contributed by atoms with Gasteiger partial charge in [-0.15, -0.1) is 0 Å². The smallest absolute Gasteiger partial charge is 0.0237 e. The van der Waals surface area contributed by atoms with Crippen molar-refractivity contribution in [1.29, 1.82) is 0 Å². The summed E-state index contributed by atoms with van der Waals surface area (Å²) in [6.07, 6.45) is 2.20. The Morgan fingerprint density at radius 1 is 1.62 bits per heavy atom. The quantitative estimate of drug-likeness (QED) is 0.491. The number of hydrogen-bond acceptors (Lipinski definition) is 0. The Morgan fingerprint density at radius 2 is 2.12 bits per heavy atom. The average molecular weight is 111 g/mol. The van der Waals surface area contributed by atoms with Crippen molar-refractivity contribution in [2.75, 3.05) is 0 Å². The highest BCUT2D eigenvalue weighted by Crippen LogP contribution is 2.12. The molecule has 0 aromatic rings. The third-order valence-corrected chi connectivity index (χ3v) is 1.48. The molecule has 0 nitrogen and oxygen atoms in total. The molecule has 0 aliphatic rings. The van der Waals surface area contributed by atoms with E-state index in [9.17, 15) is 0 Å². The van der Waals surface area contributed by atoms with Crippen LogP contribution in [0.4, 0.5) is 0 Å². The normalized spacial score (nSPS) is 13.4. The van der Waals surface area contributed by atoms with Crippen LogP contribution in [0, 0.1) is 12.8 Å². The molecule has 0 aliphatic heterocycles.